The fourth-order valence-corrected chi connectivity index (χ4v) is 13.2. The van der Waals surface area contributed by atoms with Crippen LogP contribution in [-0.2, 0) is 32.7 Å². The van der Waals surface area contributed by atoms with Crippen molar-refractivity contribution in [2.45, 2.75) is 405 Å². The number of phosphoric acid groups is 1. The van der Waals surface area contributed by atoms with Crippen LogP contribution in [0.5, 0.6) is 0 Å². The van der Waals surface area contributed by atoms with Crippen molar-refractivity contribution in [1.82, 2.24) is 0 Å². The molecule has 0 aromatic heterocycles. The lowest BCUT2D eigenvalue weighted by Crippen LogP contribution is -2.37. The van der Waals surface area contributed by atoms with Gasteiger partial charge in [0.05, 0.1) is 27.7 Å². The normalized spacial score (nSPS) is 13.6. The number of phosphoric ester groups is 1. The summed E-state index contributed by atoms with van der Waals surface area (Å²) in [5.74, 6) is -0.797. The monoisotopic (exact) mass is 1440 g/mol. The van der Waals surface area contributed by atoms with E-state index in [0.29, 0.717) is 17.4 Å². The summed E-state index contributed by atoms with van der Waals surface area (Å²) in [4.78, 5) is 36.0. The number of hydrogen-bond acceptors (Lipinski definition) is 7. The van der Waals surface area contributed by atoms with E-state index in [1.807, 2.05) is 21.1 Å². The third-order valence-electron chi connectivity index (χ3n) is 19.0. The number of allylic oxidation sites excluding steroid dienone is 20. The van der Waals surface area contributed by atoms with E-state index in [1.54, 1.807) is 0 Å². The van der Waals surface area contributed by atoms with Gasteiger partial charge in [-0.3, -0.25) is 18.6 Å². The van der Waals surface area contributed by atoms with Gasteiger partial charge in [-0.15, -0.1) is 0 Å². The molecule has 0 spiro atoms. The molecule has 0 radical (unpaired) electrons. The summed E-state index contributed by atoms with van der Waals surface area (Å²) in [5.41, 5.74) is 0. The number of hydrogen-bond donors (Lipinski definition) is 1. The fourth-order valence-electron chi connectivity index (χ4n) is 12.5. The van der Waals surface area contributed by atoms with Crippen molar-refractivity contribution < 1.29 is 42.1 Å². The molecule has 0 aliphatic heterocycles. The molecule has 10 heteroatoms. The molecule has 0 aliphatic rings. The van der Waals surface area contributed by atoms with E-state index in [0.717, 1.165) is 109 Å². The van der Waals surface area contributed by atoms with Crippen LogP contribution in [0.2, 0.25) is 0 Å². The molecule has 0 saturated carbocycles. The fraction of sp³-hybridized carbons (Fsp3) is 0.761. The van der Waals surface area contributed by atoms with Gasteiger partial charge in [-0.2, -0.15) is 0 Å². The van der Waals surface area contributed by atoms with E-state index in [9.17, 15) is 19.0 Å². The van der Waals surface area contributed by atoms with Gasteiger partial charge in [0, 0.05) is 12.8 Å². The zero-order valence-corrected chi connectivity index (χ0v) is 68.5. The lowest BCUT2D eigenvalue weighted by Gasteiger charge is -2.24. The Kier molecular flexibility index (Phi) is 78.6. The topological polar surface area (TPSA) is 108 Å². The van der Waals surface area contributed by atoms with Gasteiger partial charge in [-0.25, -0.2) is 4.57 Å². The van der Waals surface area contributed by atoms with Gasteiger partial charge in [-0.05, 0) is 89.9 Å². The van der Waals surface area contributed by atoms with Crippen LogP contribution in [0.1, 0.15) is 399 Å². The Morgan fingerprint density at radius 1 is 0.314 bits per heavy atom. The summed E-state index contributed by atoms with van der Waals surface area (Å²) >= 11 is 0. The van der Waals surface area contributed by atoms with Crippen molar-refractivity contribution in [3.63, 3.8) is 0 Å². The SMILES string of the molecule is CC/C=C\C/C=C\C/C=C\C/C=C\C/C=C\C/C=C\C/C=C\C/C=C\C/C=C\C/C=C\CCCCCCCCCCC(=O)OC(COC(=O)CCCCCCCCCCCCCCCCCCCCCCCCCCCCCCCCCCCCCCCCC)COP(=O)(O)OCC[N+](C)(C)C. The van der Waals surface area contributed by atoms with E-state index >= 15 is 0 Å². The lowest BCUT2D eigenvalue weighted by atomic mass is 10.0. The number of ether oxygens (including phenoxy) is 2. The molecular weight excluding hydrogens is 1280 g/mol. The summed E-state index contributed by atoms with van der Waals surface area (Å²) in [6.45, 7) is 4.36. The van der Waals surface area contributed by atoms with Gasteiger partial charge in [0.25, 0.3) is 0 Å². The zero-order valence-electron chi connectivity index (χ0n) is 67.6. The number of rotatable bonds is 80. The maximum atomic E-state index is 12.9. The Labute approximate surface area is 632 Å². The predicted molar refractivity (Wildman–Crippen MR) is 445 cm³/mol. The Balaban J connectivity index is 3.96. The summed E-state index contributed by atoms with van der Waals surface area (Å²) in [6, 6.07) is 0. The number of unbranched alkanes of at least 4 members (excludes halogenated alkanes) is 46. The van der Waals surface area contributed by atoms with Gasteiger partial charge in [0.2, 0.25) is 0 Å². The molecular formula is C92H165NO8P+. The molecule has 9 nitrogen and oxygen atoms in total. The van der Waals surface area contributed by atoms with Crippen LogP contribution in [0.3, 0.4) is 0 Å². The summed E-state index contributed by atoms with van der Waals surface area (Å²) < 4.78 is 34.8. The van der Waals surface area contributed by atoms with E-state index in [1.165, 1.54) is 257 Å². The largest absolute Gasteiger partial charge is 0.472 e. The highest BCUT2D eigenvalue weighted by Crippen LogP contribution is 2.43. The molecule has 102 heavy (non-hydrogen) atoms. The minimum absolute atomic E-state index is 0.0265. The number of likely N-dealkylation sites (N-methyl/N-ethyl adjacent to an activating group) is 1. The van der Waals surface area contributed by atoms with Crippen molar-refractivity contribution in [3.05, 3.63) is 122 Å². The highest BCUT2D eigenvalue weighted by Gasteiger charge is 2.27. The number of quaternary nitrogens is 1. The number of carbonyl (C=O) groups is 2. The highest BCUT2D eigenvalue weighted by molar-refractivity contribution is 7.47. The molecule has 590 valence electrons. The second kappa shape index (κ2) is 81.5. The Morgan fingerprint density at radius 2 is 0.559 bits per heavy atom. The maximum Gasteiger partial charge on any atom is 0.472 e. The summed E-state index contributed by atoms with van der Waals surface area (Å²) in [5, 5.41) is 0. The molecule has 0 bridgehead atoms. The molecule has 0 saturated heterocycles. The van der Waals surface area contributed by atoms with Crippen molar-refractivity contribution >= 4 is 19.8 Å². The van der Waals surface area contributed by atoms with E-state index in [2.05, 4.69) is 135 Å². The average molecular weight is 1440 g/mol. The molecule has 0 aliphatic carbocycles. The zero-order chi connectivity index (χ0) is 74.0. The summed E-state index contributed by atoms with van der Waals surface area (Å²) in [6.07, 6.45) is 118. The van der Waals surface area contributed by atoms with Gasteiger partial charge in [-0.1, -0.05) is 418 Å². The highest BCUT2D eigenvalue weighted by atomic mass is 31.2. The second-order valence-corrected chi connectivity index (χ2v) is 31.7. The first-order chi connectivity index (χ1) is 50.0. The van der Waals surface area contributed by atoms with Crippen molar-refractivity contribution in [2.75, 3.05) is 47.5 Å². The Hall–Kier alpha value is -3.59. The maximum absolute atomic E-state index is 12.9. The predicted octanol–water partition coefficient (Wildman–Crippen LogP) is 29.3. The quantitative estimate of drug-likeness (QED) is 0.0211. The third kappa shape index (κ3) is 85.3. The molecule has 0 aromatic rings. The van der Waals surface area contributed by atoms with Crippen LogP contribution in [0.15, 0.2) is 122 Å². The minimum Gasteiger partial charge on any atom is -0.462 e. The molecule has 1 N–H and O–H groups in total. The molecule has 2 unspecified atom stereocenters. The Morgan fingerprint density at radius 3 is 0.833 bits per heavy atom. The Bertz CT molecular complexity index is 2140. The van der Waals surface area contributed by atoms with Crippen LogP contribution in [0, 0.1) is 0 Å². The van der Waals surface area contributed by atoms with Gasteiger partial charge >= 0.3 is 19.8 Å². The van der Waals surface area contributed by atoms with Crippen molar-refractivity contribution in [3.8, 4) is 0 Å². The molecule has 0 fully saturated rings. The third-order valence-corrected chi connectivity index (χ3v) is 20.0. The van der Waals surface area contributed by atoms with Gasteiger partial charge in [0.15, 0.2) is 6.10 Å². The molecule has 0 aromatic carbocycles. The second-order valence-electron chi connectivity index (χ2n) is 30.2. The molecule has 2 atom stereocenters. The van der Waals surface area contributed by atoms with E-state index < -0.39 is 26.5 Å². The van der Waals surface area contributed by atoms with Crippen molar-refractivity contribution in [1.29, 1.82) is 0 Å². The van der Waals surface area contributed by atoms with Crippen molar-refractivity contribution in [2.24, 2.45) is 0 Å². The van der Waals surface area contributed by atoms with Crippen LogP contribution in [0.4, 0.5) is 0 Å². The smallest absolute Gasteiger partial charge is 0.462 e. The first-order valence-corrected chi connectivity index (χ1v) is 44.8. The van der Waals surface area contributed by atoms with E-state index in [-0.39, 0.29) is 32.0 Å². The standard InChI is InChI=1S/C92H164NO8P/c1-6-8-10-12-14-16-18-20-22-24-26-28-30-32-34-36-38-40-42-44-46-48-50-52-54-56-58-60-62-64-66-68-70-72-74-76-78-80-82-84-91(94)98-88-90(89-100-102(96,97)99-87-86-93(3,4)5)101-92(95)85-83-81-79-77-75-73-71-69-67-65-63-61-59-57-55-53-51-49-47-45-43-41-39-37-35-33-31-29-27-25-23-21-19-17-15-13-11-9-7-2/h9,11,15,17,21,23,27,29,33,35,39,41,45,47,51,53,57,59,63,65,90H,6-8,10,12-14,16,18-20,22,24-26,28,30-32,34,36-38,40,42-44,46,48-50,52,54-56,58,60-62,64,66-89H2,1-5H3/p+1/b11-9-,17-15-,23-21-,29-27-,35-33-,41-39-,47-45-,53-51-,59-57-,65-63-. The summed E-state index contributed by atoms with van der Waals surface area (Å²) in [7, 11) is 1.47. The van der Waals surface area contributed by atoms with Crippen LogP contribution in [-0.4, -0.2) is 74.9 Å². The number of nitrogens with zero attached hydrogens (tertiary/aromatic N) is 1. The van der Waals surface area contributed by atoms with Crippen LogP contribution < -0.4 is 0 Å². The molecule has 0 heterocycles. The van der Waals surface area contributed by atoms with Crippen LogP contribution >= 0.6 is 7.82 Å². The average Bonchev–Trinajstić information content (AvgIpc) is 0.914. The minimum atomic E-state index is -4.41. The molecule has 0 rings (SSSR count). The van der Waals surface area contributed by atoms with Gasteiger partial charge in [0.1, 0.15) is 19.8 Å². The number of carbonyl (C=O) groups excluding carboxylic acids is 2. The van der Waals surface area contributed by atoms with Crippen LogP contribution in [0.25, 0.3) is 0 Å². The first-order valence-electron chi connectivity index (χ1n) is 43.3. The lowest BCUT2D eigenvalue weighted by molar-refractivity contribution is -0.870. The van der Waals surface area contributed by atoms with E-state index in [4.69, 9.17) is 18.5 Å². The van der Waals surface area contributed by atoms with Gasteiger partial charge < -0.3 is 18.9 Å². The molecule has 0 amide bonds. The first kappa shape index (κ1) is 98.4. The number of esters is 2.